The molecule has 2 rings (SSSR count). The molecule has 1 unspecified atom stereocenters. The van der Waals surface area contributed by atoms with Crippen molar-refractivity contribution >= 4 is 6.03 Å². The Hall–Kier alpha value is -0.770. The monoisotopic (exact) mass is 282 g/mol. The summed E-state index contributed by atoms with van der Waals surface area (Å²) in [6, 6.07) is 0.0629. The Bertz CT molecular complexity index is 320. The fourth-order valence-electron chi connectivity index (χ4n) is 3.41. The standard InChI is InChI=1S/C16H30N2O2/c1-16(2)7-5-13(6-8-16)10-17-15(20)18-9-3-4-14(11-18)12-19/h13-14,19H,3-12H2,1-2H3,(H,17,20). The average Bonchev–Trinajstić information content (AvgIpc) is 2.46. The number of carbonyl (C=O) groups is 1. The van der Waals surface area contributed by atoms with Crippen LogP contribution in [0.2, 0.25) is 0 Å². The topological polar surface area (TPSA) is 52.6 Å². The lowest BCUT2D eigenvalue weighted by atomic mass is 9.73. The zero-order valence-electron chi connectivity index (χ0n) is 13.0. The SMILES string of the molecule is CC1(C)CCC(CNC(=O)N2CCCC(CO)C2)CC1. The van der Waals surface area contributed by atoms with Gasteiger partial charge >= 0.3 is 6.03 Å². The number of hydrogen-bond donors (Lipinski definition) is 2. The van der Waals surface area contributed by atoms with E-state index in [9.17, 15) is 9.90 Å². The summed E-state index contributed by atoms with van der Waals surface area (Å²) in [5.74, 6) is 0.912. The van der Waals surface area contributed by atoms with E-state index in [0.29, 0.717) is 17.9 Å². The summed E-state index contributed by atoms with van der Waals surface area (Å²) in [5.41, 5.74) is 0.488. The van der Waals surface area contributed by atoms with Gasteiger partial charge in [-0.1, -0.05) is 13.8 Å². The Kier molecular flexibility index (Phi) is 5.30. The van der Waals surface area contributed by atoms with Crippen LogP contribution in [-0.4, -0.2) is 42.3 Å². The zero-order chi connectivity index (χ0) is 14.6. The highest BCUT2D eigenvalue weighted by Gasteiger charge is 2.28. The van der Waals surface area contributed by atoms with Gasteiger partial charge in [-0.05, 0) is 55.8 Å². The molecule has 0 aromatic rings. The Labute approximate surface area is 122 Å². The van der Waals surface area contributed by atoms with Crippen molar-refractivity contribution in [3.05, 3.63) is 0 Å². The molecule has 0 aromatic heterocycles. The molecule has 4 heteroatoms. The molecular formula is C16H30N2O2. The van der Waals surface area contributed by atoms with Crippen LogP contribution in [0.25, 0.3) is 0 Å². The van der Waals surface area contributed by atoms with Crippen LogP contribution in [0.4, 0.5) is 4.79 Å². The summed E-state index contributed by atoms with van der Waals surface area (Å²) in [7, 11) is 0. The van der Waals surface area contributed by atoms with Crippen molar-refractivity contribution in [2.45, 2.75) is 52.4 Å². The number of piperidine rings is 1. The maximum absolute atomic E-state index is 12.2. The van der Waals surface area contributed by atoms with Gasteiger partial charge in [-0.15, -0.1) is 0 Å². The van der Waals surface area contributed by atoms with Crippen LogP contribution in [0.3, 0.4) is 0 Å². The van der Waals surface area contributed by atoms with Crippen molar-refractivity contribution < 1.29 is 9.90 Å². The molecule has 1 saturated carbocycles. The number of carbonyl (C=O) groups excluding carboxylic acids is 1. The number of likely N-dealkylation sites (tertiary alicyclic amines) is 1. The van der Waals surface area contributed by atoms with Crippen molar-refractivity contribution in [3.63, 3.8) is 0 Å². The van der Waals surface area contributed by atoms with Crippen LogP contribution in [0, 0.1) is 17.3 Å². The number of amides is 2. The molecule has 2 fully saturated rings. The molecule has 116 valence electrons. The quantitative estimate of drug-likeness (QED) is 0.836. The maximum Gasteiger partial charge on any atom is 0.317 e. The minimum absolute atomic E-state index is 0.0629. The third-order valence-corrected chi connectivity index (χ3v) is 5.07. The molecule has 2 aliphatic rings. The number of hydrogen-bond acceptors (Lipinski definition) is 2. The fraction of sp³-hybridized carbons (Fsp3) is 0.938. The lowest BCUT2D eigenvalue weighted by Gasteiger charge is -2.35. The van der Waals surface area contributed by atoms with Crippen LogP contribution in [0.5, 0.6) is 0 Å². The van der Waals surface area contributed by atoms with Gasteiger partial charge < -0.3 is 15.3 Å². The molecular weight excluding hydrogens is 252 g/mol. The molecule has 2 amide bonds. The highest BCUT2D eigenvalue weighted by molar-refractivity contribution is 5.74. The fourth-order valence-corrected chi connectivity index (χ4v) is 3.41. The lowest BCUT2D eigenvalue weighted by molar-refractivity contribution is 0.127. The summed E-state index contributed by atoms with van der Waals surface area (Å²) in [5, 5.41) is 12.3. The summed E-state index contributed by atoms with van der Waals surface area (Å²) >= 11 is 0. The lowest BCUT2D eigenvalue weighted by Crippen LogP contribution is -2.47. The molecule has 1 aliphatic heterocycles. The molecule has 1 atom stereocenters. The molecule has 1 heterocycles. The first-order valence-corrected chi connectivity index (χ1v) is 8.14. The number of urea groups is 1. The molecule has 2 N–H and O–H groups in total. The van der Waals surface area contributed by atoms with Crippen molar-refractivity contribution in [1.82, 2.24) is 10.2 Å². The first-order valence-electron chi connectivity index (χ1n) is 8.14. The number of nitrogens with zero attached hydrogens (tertiary/aromatic N) is 1. The van der Waals surface area contributed by atoms with Gasteiger partial charge in [0.1, 0.15) is 0 Å². The number of aliphatic hydroxyl groups excluding tert-OH is 1. The van der Waals surface area contributed by atoms with Gasteiger partial charge in [-0.2, -0.15) is 0 Å². The smallest absolute Gasteiger partial charge is 0.317 e. The van der Waals surface area contributed by atoms with Crippen molar-refractivity contribution in [2.75, 3.05) is 26.2 Å². The zero-order valence-corrected chi connectivity index (χ0v) is 13.0. The summed E-state index contributed by atoms with van der Waals surface area (Å²) < 4.78 is 0. The minimum Gasteiger partial charge on any atom is -0.396 e. The van der Waals surface area contributed by atoms with Crippen LogP contribution >= 0.6 is 0 Å². The highest BCUT2D eigenvalue weighted by Crippen LogP contribution is 2.37. The van der Waals surface area contributed by atoms with Crippen LogP contribution in [0.1, 0.15) is 52.4 Å². The first-order chi connectivity index (χ1) is 9.50. The third-order valence-electron chi connectivity index (χ3n) is 5.07. The molecule has 0 spiro atoms. The maximum atomic E-state index is 12.2. The van der Waals surface area contributed by atoms with Gasteiger partial charge in [0.2, 0.25) is 0 Å². The van der Waals surface area contributed by atoms with Crippen molar-refractivity contribution in [2.24, 2.45) is 17.3 Å². The normalized spacial score (nSPS) is 27.4. The molecule has 0 aromatic carbocycles. The van der Waals surface area contributed by atoms with Crippen LogP contribution in [-0.2, 0) is 0 Å². The molecule has 20 heavy (non-hydrogen) atoms. The van der Waals surface area contributed by atoms with E-state index in [4.69, 9.17) is 0 Å². The number of aliphatic hydroxyl groups is 1. The molecule has 0 radical (unpaired) electrons. The van der Waals surface area contributed by atoms with Crippen LogP contribution in [0.15, 0.2) is 0 Å². The second kappa shape index (κ2) is 6.79. The van der Waals surface area contributed by atoms with E-state index < -0.39 is 0 Å². The first kappa shape index (κ1) is 15.6. The minimum atomic E-state index is 0.0629. The van der Waals surface area contributed by atoms with Gasteiger partial charge in [0.25, 0.3) is 0 Å². The Morgan fingerprint density at radius 3 is 2.60 bits per heavy atom. The van der Waals surface area contributed by atoms with Gasteiger partial charge in [-0.3, -0.25) is 0 Å². The Balaban J connectivity index is 1.70. The number of rotatable bonds is 3. The van der Waals surface area contributed by atoms with E-state index >= 15 is 0 Å². The molecule has 4 nitrogen and oxygen atoms in total. The van der Waals surface area contributed by atoms with E-state index in [1.807, 2.05) is 4.90 Å². The van der Waals surface area contributed by atoms with Crippen molar-refractivity contribution in [1.29, 1.82) is 0 Å². The van der Waals surface area contributed by atoms with E-state index in [1.54, 1.807) is 0 Å². The van der Waals surface area contributed by atoms with E-state index in [1.165, 1.54) is 25.7 Å². The Morgan fingerprint density at radius 2 is 1.95 bits per heavy atom. The van der Waals surface area contributed by atoms with E-state index in [2.05, 4.69) is 19.2 Å². The molecule has 1 aliphatic carbocycles. The molecule has 1 saturated heterocycles. The third kappa shape index (κ3) is 4.37. The van der Waals surface area contributed by atoms with Crippen LogP contribution < -0.4 is 5.32 Å². The summed E-state index contributed by atoms with van der Waals surface area (Å²) in [6.45, 7) is 7.23. The second-order valence-corrected chi connectivity index (χ2v) is 7.43. The van der Waals surface area contributed by atoms with Crippen molar-refractivity contribution in [3.8, 4) is 0 Å². The van der Waals surface area contributed by atoms with Gasteiger partial charge in [0.15, 0.2) is 0 Å². The highest BCUT2D eigenvalue weighted by atomic mass is 16.3. The van der Waals surface area contributed by atoms with Gasteiger partial charge in [0.05, 0.1) is 0 Å². The van der Waals surface area contributed by atoms with Gasteiger partial charge in [-0.25, -0.2) is 4.79 Å². The van der Waals surface area contributed by atoms with Gasteiger partial charge in [0, 0.05) is 26.2 Å². The second-order valence-electron chi connectivity index (χ2n) is 7.43. The summed E-state index contributed by atoms with van der Waals surface area (Å²) in [6.07, 6.45) is 7.04. The van der Waals surface area contributed by atoms with E-state index in [-0.39, 0.29) is 18.6 Å². The summed E-state index contributed by atoms with van der Waals surface area (Å²) in [4.78, 5) is 14.0. The number of nitrogens with one attached hydrogen (secondary N) is 1. The average molecular weight is 282 g/mol. The van der Waals surface area contributed by atoms with E-state index in [0.717, 1.165) is 25.9 Å². The molecule has 0 bridgehead atoms. The Morgan fingerprint density at radius 1 is 1.25 bits per heavy atom. The predicted molar refractivity (Wildman–Crippen MR) is 80.5 cm³/mol. The predicted octanol–water partition coefficient (Wildman–Crippen LogP) is 2.62. The largest absolute Gasteiger partial charge is 0.396 e.